The second kappa shape index (κ2) is 7.40. The van der Waals surface area contributed by atoms with Crippen LogP contribution in [0.25, 0.3) is 22.3 Å². The maximum absolute atomic E-state index is 10.5. The molecule has 6 heteroatoms. The van der Waals surface area contributed by atoms with E-state index in [-0.39, 0.29) is 5.75 Å². The van der Waals surface area contributed by atoms with Gasteiger partial charge in [0.15, 0.2) is 17.3 Å². The summed E-state index contributed by atoms with van der Waals surface area (Å²) in [6.45, 7) is 0. The minimum atomic E-state index is -0.00417. The van der Waals surface area contributed by atoms with Gasteiger partial charge in [-0.3, -0.25) is 0 Å². The van der Waals surface area contributed by atoms with E-state index in [1.807, 2.05) is 48.5 Å². The minimum absolute atomic E-state index is 0.00417. The Labute approximate surface area is 169 Å². The van der Waals surface area contributed by atoms with Crippen molar-refractivity contribution in [3.63, 3.8) is 0 Å². The lowest BCUT2D eigenvalue weighted by atomic mass is 10.1. The van der Waals surface area contributed by atoms with Gasteiger partial charge in [-0.2, -0.15) is 4.98 Å². The zero-order valence-corrected chi connectivity index (χ0v) is 16.5. The Kier molecular flexibility index (Phi) is 4.81. The molecule has 0 unspecified atom stereocenters. The third-order valence-electron chi connectivity index (χ3n) is 4.06. The van der Waals surface area contributed by atoms with Crippen LogP contribution in [0.15, 0.2) is 66.7 Å². The lowest BCUT2D eigenvalue weighted by molar-refractivity contribution is 0.374. The Morgan fingerprint density at radius 2 is 1.67 bits per heavy atom. The zero-order chi connectivity index (χ0) is 18.8. The molecule has 0 amide bonds. The standard InChI is InChI=1S/C21H15IN2O3/c1-26-18-8-4-6-16(19(18)25)20-23-17-7-3-2-5-15(17)21(24-20)27-14-11-9-13(22)10-12-14/h2-12,25H,1H3. The molecule has 5 nitrogen and oxygen atoms in total. The van der Waals surface area contributed by atoms with E-state index in [0.29, 0.717) is 28.8 Å². The van der Waals surface area contributed by atoms with Crippen LogP contribution < -0.4 is 9.47 Å². The van der Waals surface area contributed by atoms with E-state index in [4.69, 9.17) is 9.47 Å². The van der Waals surface area contributed by atoms with E-state index in [1.54, 1.807) is 18.2 Å². The lowest BCUT2D eigenvalue weighted by Gasteiger charge is -2.12. The molecule has 0 saturated heterocycles. The molecule has 0 saturated carbocycles. The number of phenols is 1. The van der Waals surface area contributed by atoms with Crippen LogP contribution in [0.4, 0.5) is 0 Å². The number of hydrogen-bond donors (Lipinski definition) is 1. The van der Waals surface area contributed by atoms with Gasteiger partial charge in [0, 0.05) is 3.57 Å². The molecular weight excluding hydrogens is 455 g/mol. The van der Waals surface area contributed by atoms with Crippen LogP contribution in [0, 0.1) is 3.57 Å². The van der Waals surface area contributed by atoms with E-state index in [9.17, 15) is 5.11 Å². The van der Waals surface area contributed by atoms with Crippen molar-refractivity contribution in [3.8, 4) is 34.5 Å². The summed E-state index contributed by atoms with van der Waals surface area (Å²) in [5.74, 6) is 1.84. The van der Waals surface area contributed by atoms with Gasteiger partial charge < -0.3 is 14.6 Å². The van der Waals surface area contributed by atoms with Gasteiger partial charge in [-0.15, -0.1) is 0 Å². The molecule has 0 atom stereocenters. The normalized spacial score (nSPS) is 10.7. The van der Waals surface area contributed by atoms with Crippen molar-refractivity contribution in [3.05, 3.63) is 70.3 Å². The number of nitrogens with zero attached hydrogens (tertiary/aromatic N) is 2. The first-order chi connectivity index (χ1) is 13.2. The first kappa shape index (κ1) is 17.5. The summed E-state index contributed by atoms with van der Waals surface area (Å²) in [6, 6.07) is 20.5. The molecule has 134 valence electrons. The summed E-state index contributed by atoms with van der Waals surface area (Å²) in [5.41, 5.74) is 1.21. The Bertz CT molecular complexity index is 1110. The molecule has 0 bridgehead atoms. The Hall–Kier alpha value is -2.87. The minimum Gasteiger partial charge on any atom is -0.504 e. The number of ether oxygens (including phenoxy) is 2. The summed E-state index contributed by atoms with van der Waals surface area (Å²) in [4.78, 5) is 9.16. The van der Waals surface area contributed by atoms with Crippen molar-refractivity contribution in [1.82, 2.24) is 9.97 Å². The Balaban J connectivity index is 1.87. The molecule has 1 heterocycles. The summed E-state index contributed by atoms with van der Waals surface area (Å²) in [5, 5.41) is 11.3. The molecule has 0 radical (unpaired) electrons. The van der Waals surface area contributed by atoms with Crippen LogP contribution in [0.2, 0.25) is 0 Å². The van der Waals surface area contributed by atoms with Crippen molar-refractivity contribution in [2.75, 3.05) is 7.11 Å². The Morgan fingerprint density at radius 1 is 0.889 bits per heavy atom. The van der Waals surface area contributed by atoms with E-state index >= 15 is 0 Å². The average molecular weight is 470 g/mol. The molecule has 0 fully saturated rings. The highest BCUT2D eigenvalue weighted by atomic mass is 127. The van der Waals surface area contributed by atoms with Gasteiger partial charge in [-0.25, -0.2) is 4.98 Å². The van der Waals surface area contributed by atoms with Gasteiger partial charge in [-0.05, 0) is 71.1 Å². The molecule has 0 aliphatic carbocycles. The van der Waals surface area contributed by atoms with Gasteiger partial charge in [-0.1, -0.05) is 18.2 Å². The number of hydrogen-bond acceptors (Lipinski definition) is 5. The Morgan fingerprint density at radius 3 is 2.44 bits per heavy atom. The number of halogens is 1. The van der Waals surface area contributed by atoms with Gasteiger partial charge in [0.2, 0.25) is 5.88 Å². The average Bonchev–Trinajstić information content (AvgIpc) is 2.70. The smallest absolute Gasteiger partial charge is 0.230 e. The lowest BCUT2D eigenvalue weighted by Crippen LogP contribution is -1.97. The van der Waals surface area contributed by atoms with Crippen LogP contribution in [0.5, 0.6) is 23.1 Å². The number of aromatic nitrogens is 2. The third kappa shape index (κ3) is 3.52. The van der Waals surface area contributed by atoms with Gasteiger partial charge in [0.1, 0.15) is 5.75 Å². The molecule has 0 aliphatic heterocycles. The van der Waals surface area contributed by atoms with Crippen LogP contribution in [-0.2, 0) is 0 Å². The van der Waals surface area contributed by atoms with Crippen LogP contribution in [0.3, 0.4) is 0 Å². The van der Waals surface area contributed by atoms with Crippen LogP contribution >= 0.6 is 22.6 Å². The molecule has 4 aromatic rings. The van der Waals surface area contributed by atoms with Gasteiger partial charge in [0.05, 0.1) is 23.6 Å². The molecule has 1 N–H and O–H groups in total. The highest BCUT2D eigenvalue weighted by Crippen LogP contribution is 2.37. The zero-order valence-electron chi connectivity index (χ0n) is 14.4. The fourth-order valence-electron chi connectivity index (χ4n) is 2.73. The van der Waals surface area contributed by atoms with Crippen molar-refractivity contribution >= 4 is 33.5 Å². The number of benzene rings is 3. The second-order valence-electron chi connectivity index (χ2n) is 5.78. The molecule has 1 aromatic heterocycles. The summed E-state index contributed by atoms with van der Waals surface area (Å²) in [7, 11) is 1.51. The number of fused-ring (bicyclic) bond motifs is 1. The highest BCUT2D eigenvalue weighted by molar-refractivity contribution is 14.1. The van der Waals surface area contributed by atoms with Gasteiger partial charge >= 0.3 is 0 Å². The number of aromatic hydroxyl groups is 1. The predicted molar refractivity (Wildman–Crippen MR) is 112 cm³/mol. The van der Waals surface area contributed by atoms with E-state index in [2.05, 4.69) is 32.6 Å². The molecule has 27 heavy (non-hydrogen) atoms. The maximum Gasteiger partial charge on any atom is 0.230 e. The topological polar surface area (TPSA) is 64.5 Å². The quantitative estimate of drug-likeness (QED) is 0.405. The largest absolute Gasteiger partial charge is 0.504 e. The van der Waals surface area contributed by atoms with E-state index in [0.717, 1.165) is 14.5 Å². The molecule has 0 spiro atoms. The number of rotatable bonds is 4. The molecule has 4 rings (SSSR count). The summed E-state index contributed by atoms with van der Waals surface area (Å²) < 4.78 is 12.4. The summed E-state index contributed by atoms with van der Waals surface area (Å²) in [6.07, 6.45) is 0. The maximum atomic E-state index is 10.5. The molecular formula is C21H15IN2O3. The first-order valence-corrected chi connectivity index (χ1v) is 9.30. The predicted octanol–water partition coefficient (Wildman–Crippen LogP) is 5.41. The SMILES string of the molecule is COc1cccc(-c2nc(Oc3ccc(I)cc3)c3ccccc3n2)c1O. The van der Waals surface area contributed by atoms with Crippen molar-refractivity contribution in [1.29, 1.82) is 0 Å². The second-order valence-corrected chi connectivity index (χ2v) is 7.03. The molecule has 3 aromatic carbocycles. The first-order valence-electron chi connectivity index (χ1n) is 8.22. The van der Waals surface area contributed by atoms with Crippen molar-refractivity contribution in [2.45, 2.75) is 0 Å². The number of phenolic OH excluding ortho intramolecular Hbond substituents is 1. The monoisotopic (exact) mass is 470 g/mol. The fourth-order valence-corrected chi connectivity index (χ4v) is 3.09. The number of methoxy groups -OCH3 is 1. The van der Waals surface area contributed by atoms with Gasteiger partial charge in [0.25, 0.3) is 0 Å². The van der Waals surface area contributed by atoms with Crippen LogP contribution in [-0.4, -0.2) is 22.2 Å². The van der Waals surface area contributed by atoms with Crippen molar-refractivity contribution in [2.24, 2.45) is 0 Å². The third-order valence-corrected chi connectivity index (χ3v) is 4.78. The fraction of sp³-hybridized carbons (Fsp3) is 0.0476. The highest BCUT2D eigenvalue weighted by Gasteiger charge is 2.16. The van der Waals surface area contributed by atoms with Crippen molar-refractivity contribution < 1.29 is 14.6 Å². The van der Waals surface area contributed by atoms with Crippen LogP contribution in [0.1, 0.15) is 0 Å². The molecule has 0 aliphatic rings. The number of para-hydroxylation sites is 2. The van der Waals surface area contributed by atoms with E-state index in [1.165, 1.54) is 7.11 Å². The van der Waals surface area contributed by atoms with E-state index < -0.39 is 0 Å². The summed E-state index contributed by atoms with van der Waals surface area (Å²) >= 11 is 2.24.